The Labute approximate surface area is 119 Å². The van der Waals surface area contributed by atoms with Crippen molar-refractivity contribution >= 4 is 21.8 Å². The third-order valence-corrected chi connectivity index (χ3v) is 3.38. The quantitative estimate of drug-likeness (QED) is 0.942. The molecule has 5 heteroatoms. The number of halogens is 2. The molecule has 3 nitrogen and oxygen atoms in total. The first-order valence-corrected chi connectivity index (χ1v) is 6.51. The lowest BCUT2D eigenvalue weighted by Crippen LogP contribution is -2.25. The van der Waals surface area contributed by atoms with Gasteiger partial charge in [0.05, 0.1) is 17.8 Å². The normalized spacial score (nSPS) is 10.3. The van der Waals surface area contributed by atoms with Crippen molar-refractivity contribution in [2.24, 2.45) is 0 Å². The Morgan fingerprint density at radius 3 is 2.84 bits per heavy atom. The number of pyridine rings is 1. The topological polar surface area (TPSA) is 42.0 Å². The summed E-state index contributed by atoms with van der Waals surface area (Å²) in [6.45, 7) is 2.18. The van der Waals surface area contributed by atoms with Crippen LogP contribution in [0.4, 0.5) is 4.39 Å². The summed E-state index contributed by atoms with van der Waals surface area (Å²) in [5.74, 6) is -1.01. The molecular formula is C14H12BrFN2O. The first-order valence-electron chi connectivity index (χ1n) is 5.72. The number of rotatable bonds is 3. The lowest BCUT2D eigenvalue weighted by molar-refractivity contribution is 0.0945. The molecule has 19 heavy (non-hydrogen) atoms. The highest BCUT2D eigenvalue weighted by molar-refractivity contribution is 9.10. The van der Waals surface area contributed by atoms with Crippen molar-refractivity contribution in [1.82, 2.24) is 10.3 Å². The first-order chi connectivity index (χ1) is 9.09. The molecule has 0 aliphatic rings. The van der Waals surface area contributed by atoms with E-state index in [-0.39, 0.29) is 12.1 Å². The van der Waals surface area contributed by atoms with Crippen molar-refractivity contribution in [3.05, 3.63) is 63.6 Å². The molecule has 0 aliphatic heterocycles. The number of hydrogen-bond acceptors (Lipinski definition) is 2. The molecule has 0 bridgehead atoms. The van der Waals surface area contributed by atoms with Gasteiger partial charge < -0.3 is 5.32 Å². The van der Waals surface area contributed by atoms with Crippen LogP contribution in [-0.4, -0.2) is 10.9 Å². The van der Waals surface area contributed by atoms with E-state index in [0.29, 0.717) is 4.47 Å². The minimum Gasteiger partial charge on any atom is -0.346 e. The predicted octanol–water partition coefficient (Wildman–Crippen LogP) is 3.22. The van der Waals surface area contributed by atoms with Gasteiger partial charge in [0, 0.05) is 10.7 Å². The lowest BCUT2D eigenvalue weighted by Gasteiger charge is -2.08. The number of nitrogens with one attached hydrogen (secondary N) is 1. The molecule has 1 N–H and O–H groups in total. The van der Waals surface area contributed by atoms with Gasteiger partial charge in [-0.3, -0.25) is 9.78 Å². The maximum atomic E-state index is 13.6. The molecule has 2 rings (SSSR count). The van der Waals surface area contributed by atoms with Crippen LogP contribution in [0.15, 0.2) is 41.0 Å². The van der Waals surface area contributed by atoms with Gasteiger partial charge in [0.2, 0.25) is 0 Å². The second-order valence-electron chi connectivity index (χ2n) is 4.05. The summed E-state index contributed by atoms with van der Waals surface area (Å²) in [6.07, 6.45) is 1.66. The molecule has 0 aliphatic carbocycles. The SMILES string of the molecule is Cc1cccnc1CNC(=O)c1c(F)cccc1Br. The first kappa shape index (κ1) is 13.7. The third kappa shape index (κ3) is 3.17. The molecule has 0 saturated heterocycles. The van der Waals surface area contributed by atoms with E-state index < -0.39 is 11.7 Å². The van der Waals surface area contributed by atoms with E-state index in [1.165, 1.54) is 6.07 Å². The Morgan fingerprint density at radius 2 is 2.16 bits per heavy atom. The highest BCUT2D eigenvalue weighted by Crippen LogP contribution is 2.19. The monoisotopic (exact) mass is 322 g/mol. The van der Waals surface area contributed by atoms with Gasteiger partial charge in [-0.1, -0.05) is 12.1 Å². The summed E-state index contributed by atoms with van der Waals surface area (Å²) >= 11 is 3.17. The molecule has 2 aromatic rings. The Morgan fingerprint density at radius 1 is 1.37 bits per heavy atom. The maximum Gasteiger partial charge on any atom is 0.255 e. The van der Waals surface area contributed by atoms with Crippen molar-refractivity contribution < 1.29 is 9.18 Å². The molecule has 0 atom stereocenters. The summed E-state index contributed by atoms with van der Waals surface area (Å²) in [4.78, 5) is 16.1. The van der Waals surface area contributed by atoms with Gasteiger partial charge >= 0.3 is 0 Å². The van der Waals surface area contributed by atoms with Crippen LogP contribution in [0.25, 0.3) is 0 Å². The van der Waals surface area contributed by atoms with Crippen molar-refractivity contribution in [1.29, 1.82) is 0 Å². The maximum absolute atomic E-state index is 13.6. The van der Waals surface area contributed by atoms with Gasteiger partial charge in [-0.15, -0.1) is 0 Å². The van der Waals surface area contributed by atoms with Gasteiger partial charge in [0.1, 0.15) is 5.82 Å². The van der Waals surface area contributed by atoms with Gasteiger partial charge in [-0.05, 0) is 46.6 Å². The largest absolute Gasteiger partial charge is 0.346 e. The average molecular weight is 323 g/mol. The smallest absolute Gasteiger partial charge is 0.255 e. The van der Waals surface area contributed by atoms with Gasteiger partial charge in [0.25, 0.3) is 5.91 Å². The van der Waals surface area contributed by atoms with Crippen molar-refractivity contribution in [3.8, 4) is 0 Å². The van der Waals surface area contributed by atoms with E-state index in [4.69, 9.17) is 0 Å². The fraction of sp³-hybridized carbons (Fsp3) is 0.143. The van der Waals surface area contributed by atoms with E-state index in [0.717, 1.165) is 11.3 Å². The zero-order chi connectivity index (χ0) is 13.8. The summed E-state index contributed by atoms with van der Waals surface area (Å²) < 4.78 is 14.0. The van der Waals surface area contributed by atoms with E-state index >= 15 is 0 Å². The summed E-state index contributed by atoms with van der Waals surface area (Å²) in [6, 6.07) is 8.16. The molecule has 0 radical (unpaired) electrons. The van der Waals surface area contributed by atoms with Crippen LogP contribution in [0.1, 0.15) is 21.6 Å². The minimum atomic E-state index is -0.551. The summed E-state index contributed by atoms with van der Waals surface area (Å²) in [7, 11) is 0. The molecule has 0 spiro atoms. The molecule has 1 heterocycles. The minimum absolute atomic E-state index is 0.0103. The number of carbonyl (C=O) groups is 1. The van der Waals surface area contributed by atoms with Crippen molar-refractivity contribution in [2.75, 3.05) is 0 Å². The number of hydrogen-bond donors (Lipinski definition) is 1. The van der Waals surface area contributed by atoms with Crippen LogP contribution in [0.2, 0.25) is 0 Å². The zero-order valence-corrected chi connectivity index (χ0v) is 11.9. The summed E-state index contributed by atoms with van der Waals surface area (Å²) in [5.41, 5.74) is 1.76. The van der Waals surface area contributed by atoms with E-state index in [2.05, 4.69) is 26.2 Å². The Bertz CT molecular complexity index is 596. The number of amides is 1. The fourth-order valence-electron chi connectivity index (χ4n) is 1.67. The van der Waals surface area contributed by atoms with Gasteiger partial charge in [-0.2, -0.15) is 0 Å². The van der Waals surface area contributed by atoms with Crippen LogP contribution >= 0.6 is 15.9 Å². The van der Waals surface area contributed by atoms with Gasteiger partial charge in [-0.25, -0.2) is 4.39 Å². The van der Waals surface area contributed by atoms with Gasteiger partial charge in [0.15, 0.2) is 0 Å². The van der Waals surface area contributed by atoms with Crippen LogP contribution in [0.5, 0.6) is 0 Å². The van der Waals surface area contributed by atoms with Crippen molar-refractivity contribution in [3.63, 3.8) is 0 Å². The highest BCUT2D eigenvalue weighted by Gasteiger charge is 2.15. The highest BCUT2D eigenvalue weighted by atomic mass is 79.9. The molecule has 1 aromatic heterocycles. The molecular weight excluding hydrogens is 311 g/mol. The van der Waals surface area contributed by atoms with Crippen LogP contribution in [0, 0.1) is 12.7 Å². The van der Waals surface area contributed by atoms with E-state index in [9.17, 15) is 9.18 Å². The number of benzene rings is 1. The molecule has 0 saturated carbocycles. The van der Waals surface area contributed by atoms with Crippen LogP contribution in [0.3, 0.4) is 0 Å². The lowest BCUT2D eigenvalue weighted by atomic mass is 10.2. The number of nitrogens with zero attached hydrogens (tertiary/aromatic N) is 1. The molecule has 98 valence electrons. The Balaban J connectivity index is 2.13. The fourth-order valence-corrected chi connectivity index (χ4v) is 2.19. The molecule has 1 aromatic carbocycles. The Kier molecular flexibility index (Phi) is 4.27. The zero-order valence-electron chi connectivity index (χ0n) is 10.3. The second-order valence-corrected chi connectivity index (χ2v) is 4.90. The predicted molar refractivity (Wildman–Crippen MR) is 74.2 cm³/mol. The number of aryl methyl sites for hydroxylation is 1. The average Bonchev–Trinajstić information content (AvgIpc) is 2.37. The summed E-state index contributed by atoms with van der Waals surface area (Å²) in [5, 5.41) is 2.67. The van der Waals surface area contributed by atoms with Crippen molar-refractivity contribution in [2.45, 2.75) is 13.5 Å². The van der Waals surface area contributed by atoms with E-state index in [1.54, 1.807) is 18.3 Å². The molecule has 0 fully saturated rings. The molecule has 1 amide bonds. The second kappa shape index (κ2) is 5.93. The number of carbonyl (C=O) groups excluding carboxylic acids is 1. The van der Waals surface area contributed by atoms with Crippen LogP contribution < -0.4 is 5.32 Å². The standard InChI is InChI=1S/C14H12BrFN2O/c1-9-4-3-7-17-12(9)8-18-14(19)13-10(15)5-2-6-11(13)16/h2-7H,8H2,1H3,(H,18,19). The Hall–Kier alpha value is -1.75. The van der Waals surface area contributed by atoms with Crippen LogP contribution in [-0.2, 0) is 6.54 Å². The third-order valence-electron chi connectivity index (χ3n) is 2.72. The van der Waals surface area contributed by atoms with E-state index in [1.807, 2.05) is 19.1 Å². The number of aromatic nitrogens is 1. The molecule has 0 unspecified atom stereocenters.